The third kappa shape index (κ3) is 5.44. The Kier molecular flexibility index (Phi) is 7.05. The second-order valence-electron chi connectivity index (χ2n) is 7.65. The van der Waals surface area contributed by atoms with Crippen LogP contribution in [0.25, 0.3) is 0 Å². The van der Waals surface area contributed by atoms with Crippen LogP contribution in [0.4, 0.5) is 0 Å². The highest BCUT2D eigenvalue weighted by Gasteiger charge is 2.27. The van der Waals surface area contributed by atoms with Crippen LogP contribution < -0.4 is 5.32 Å². The third-order valence-corrected chi connectivity index (χ3v) is 7.27. The number of benzene rings is 2. The van der Waals surface area contributed by atoms with E-state index in [1.54, 1.807) is 12.1 Å². The van der Waals surface area contributed by atoms with Crippen molar-refractivity contribution in [1.29, 1.82) is 0 Å². The Labute approximate surface area is 173 Å². The summed E-state index contributed by atoms with van der Waals surface area (Å²) in [5, 5.41) is 2.97. The van der Waals surface area contributed by atoms with Crippen molar-refractivity contribution in [2.75, 3.05) is 33.7 Å². The quantitative estimate of drug-likeness (QED) is 0.719. The van der Waals surface area contributed by atoms with Crippen molar-refractivity contribution >= 4 is 15.9 Å². The molecule has 7 heteroatoms. The van der Waals surface area contributed by atoms with E-state index in [0.29, 0.717) is 25.2 Å². The normalized spacial score (nSPS) is 16.1. The minimum absolute atomic E-state index is 0.163. The first kappa shape index (κ1) is 21.5. The zero-order chi connectivity index (χ0) is 20.9. The minimum atomic E-state index is -3.46. The van der Waals surface area contributed by atoms with Gasteiger partial charge in [-0.3, -0.25) is 4.79 Å². The molecule has 1 fully saturated rings. The van der Waals surface area contributed by atoms with E-state index in [9.17, 15) is 13.2 Å². The molecule has 0 aromatic heterocycles. The summed E-state index contributed by atoms with van der Waals surface area (Å²) in [7, 11) is 0.538. The fourth-order valence-corrected chi connectivity index (χ4v) is 5.01. The molecule has 0 spiro atoms. The molecule has 0 bridgehead atoms. The van der Waals surface area contributed by atoms with Crippen molar-refractivity contribution in [2.45, 2.75) is 30.2 Å². The number of sulfonamides is 1. The van der Waals surface area contributed by atoms with Gasteiger partial charge in [-0.2, -0.15) is 4.31 Å². The highest BCUT2D eigenvalue weighted by Crippen LogP contribution is 2.21. The summed E-state index contributed by atoms with van der Waals surface area (Å²) in [5.41, 5.74) is 1.68. The molecule has 2 aromatic rings. The summed E-state index contributed by atoms with van der Waals surface area (Å²) in [6, 6.07) is 16.6. The maximum Gasteiger partial charge on any atom is 0.251 e. The molecule has 0 unspecified atom stereocenters. The third-order valence-electron chi connectivity index (χ3n) is 5.36. The van der Waals surface area contributed by atoms with E-state index < -0.39 is 10.0 Å². The van der Waals surface area contributed by atoms with Crippen LogP contribution in [-0.4, -0.2) is 63.3 Å². The van der Waals surface area contributed by atoms with Gasteiger partial charge in [0.15, 0.2) is 0 Å². The number of rotatable bonds is 8. The average Bonchev–Trinajstić information content (AvgIpc) is 3.27. The molecular formula is C22H29N3O3S. The number of carbonyl (C=O) groups is 1. The molecule has 29 heavy (non-hydrogen) atoms. The van der Waals surface area contributed by atoms with Crippen molar-refractivity contribution in [3.63, 3.8) is 0 Å². The first-order chi connectivity index (χ1) is 13.9. The summed E-state index contributed by atoms with van der Waals surface area (Å²) < 4.78 is 26.7. The van der Waals surface area contributed by atoms with Gasteiger partial charge in [0.1, 0.15) is 0 Å². The van der Waals surface area contributed by atoms with Gasteiger partial charge in [0.05, 0.1) is 4.90 Å². The van der Waals surface area contributed by atoms with Crippen LogP contribution in [0.5, 0.6) is 0 Å². The Morgan fingerprint density at radius 3 is 2.24 bits per heavy atom. The standard InChI is InChI=1S/C22H29N3O3S/c1-24(2)20(16-18-8-4-3-5-9-18)17-23-22(26)19-10-12-21(13-11-19)29(27,28)25-14-6-7-15-25/h3-5,8-13,20H,6-7,14-17H2,1-2H3,(H,23,26)/t20-/m0/s1. The predicted molar refractivity (Wildman–Crippen MR) is 114 cm³/mol. The summed E-state index contributed by atoms with van der Waals surface area (Å²) in [6.45, 7) is 1.64. The number of nitrogens with one attached hydrogen (secondary N) is 1. The maximum absolute atomic E-state index is 12.6. The molecule has 0 aliphatic carbocycles. The van der Waals surface area contributed by atoms with E-state index in [-0.39, 0.29) is 16.8 Å². The summed E-state index contributed by atoms with van der Waals surface area (Å²) in [6.07, 6.45) is 2.63. The van der Waals surface area contributed by atoms with Crippen LogP contribution in [0.3, 0.4) is 0 Å². The zero-order valence-corrected chi connectivity index (χ0v) is 17.9. The van der Waals surface area contributed by atoms with E-state index in [1.807, 2.05) is 32.3 Å². The maximum atomic E-state index is 12.6. The number of likely N-dealkylation sites (N-methyl/N-ethyl adjacent to an activating group) is 1. The fraction of sp³-hybridized carbons (Fsp3) is 0.409. The van der Waals surface area contributed by atoms with E-state index in [1.165, 1.54) is 22.0 Å². The Morgan fingerprint density at radius 2 is 1.66 bits per heavy atom. The van der Waals surface area contributed by atoms with Crippen LogP contribution in [0, 0.1) is 0 Å². The lowest BCUT2D eigenvalue weighted by Gasteiger charge is -2.25. The monoisotopic (exact) mass is 415 g/mol. The van der Waals surface area contributed by atoms with Crippen LogP contribution in [0.15, 0.2) is 59.5 Å². The molecule has 1 N–H and O–H groups in total. The van der Waals surface area contributed by atoms with Gasteiger partial charge in [-0.1, -0.05) is 30.3 Å². The Balaban J connectivity index is 1.61. The first-order valence-corrected chi connectivity index (χ1v) is 11.4. The molecule has 1 atom stereocenters. The van der Waals surface area contributed by atoms with E-state index in [4.69, 9.17) is 0 Å². The summed E-state index contributed by atoms with van der Waals surface area (Å²) in [4.78, 5) is 14.9. The van der Waals surface area contributed by atoms with Crippen molar-refractivity contribution in [2.24, 2.45) is 0 Å². The number of hydrogen-bond acceptors (Lipinski definition) is 4. The zero-order valence-electron chi connectivity index (χ0n) is 17.0. The Bertz CT molecular complexity index is 906. The van der Waals surface area contributed by atoms with Crippen LogP contribution in [-0.2, 0) is 16.4 Å². The van der Waals surface area contributed by atoms with E-state index in [2.05, 4.69) is 22.3 Å². The Morgan fingerprint density at radius 1 is 1.03 bits per heavy atom. The molecular weight excluding hydrogens is 386 g/mol. The smallest absolute Gasteiger partial charge is 0.251 e. The lowest BCUT2D eigenvalue weighted by molar-refractivity contribution is 0.0941. The van der Waals surface area contributed by atoms with Gasteiger partial charge in [-0.25, -0.2) is 8.42 Å². The van der Waals surface area contributed by atoms with Gasteiger partial charge < -0.3 is 10.2 Å². The molecule has 3 rings (SSSR count). The highest BCUT2D eigenvalue weighted by atomic mass is 32.2. The summed E-state index contributed by atoms with van der Waals surface area (Å²) in [5.74, 6) is -0.199. The van der Waals surface area contributed by atoms with Gasteiger partial charge >= 0.3 is 0 Å². The number of amides is 1. The molecule has 2 aromatic carbocycles. The number of hydrogen-bond donors (Lipinski definition) is 1. The lowest BCUT2D eigenvalue weighted by Crippen LogP contribution is -2.41. The molecule has 0 radical (unpaired) electrons. The van der Waals surface area contributed by atoms with Crippen LogP contribution in [0.2, 0.25) is 0 Å². The van der Waals surface area contributed by atoms with Gasteiger partial charge in [0, 0.05) is 31.2 Å². The fourth-order valence-electron chi connectivity index (χ4n) is 3.49. The van der Waals surface area contributed by atoms with Crippen LogP contribution in [0.1, 0.15) is 28.8 Å². The molecule has 1 amide bonds. The predicted octanol–water partition coefficient (Wildman–Crippen LogP) is 2.37. The van der Waals surface area contributed by atoms with Gasteiger partial charge in [0.25, 0.3) is 5.91 Å². The lowest BCUT2D eigenvalue weighted by atomic mass is 10.1. The topological polar surface area (TPSA) is 69.7 Å². The van der Waals surface area contributed by atoms with Gasteiger partial charge in [-0.15, -0.1) is 0 Å². The van der Waals surface area contributed by atoms with Crippen molar-refractivity contribution in [3.8, 4) is 0 Å². The van der Waals surface area contributed by atoms with Crippen molar-refractivity contribution in [1.82, 2.24) is 14.5 Å². The van der Waals surface area contributed by atoms with E-state index >= 15 is 0 Å². The SMILES string of the molecule is CN(C)[C@H](CNC(=O)c1ccc(S(=O)(=O)N2CCCC2)cc1)Cc1ccccc1. The van der Waals surface area contributed by atoms with Gasteiger partial charge in [0.2, 0.25) is 10.0 Å². The number of carbonyl (C=O) groups excluding carboxylic acids is 1. The first-order valence-electron chi connectivity index (χ1n) is 9.96. The molecule has 6 nitrogen and oxygen atoms in total. The Hall–Kier alpha value is -2.22. The van der Waals surface area contributed by atoms with Crippen LogP contribution >= 0.6 is 0 Å². The molecule has 156 valence electrons. The summed E-state index contributed by atoms with van der Waals surface area (Å²) >= 11 is 0. The second kappa shape index (κ2) is 9.52. The van der Waals surface area contributed by atoms with Gasteiger partial charge in [-0.05, 0) is 63.2 Å². The number of nitrogens with zero attached hydrogens (tertiary/aromatic N) is 2. The average molecular weight is 416 g/mol. The molecule has 1 heterocycles. The van der Waals surface area contributed by atoms with Crippen molar-refractivity contribution in [3.05, 3.63) is 65.7 Å². The molecule has 1 aliphatic rings. The highest BCUT2D eigenvalue weighted by molar-refractivity contribution is 7.89. The molecule has 1 aliphatic heterocycles. The molecule has 0 saturated carbocycles. The minimum Gasteiger partial charge on any atom is -0.350 e. The largest absolute Gasteiger partial charge is 0.350 e. The van der Waals surface area contributed by atoms with E-state index in [0.717, 1.165) is 19.3 Å². The second-order valence-corrected chi connectivity index (χ2v) is 9.59. The van der Waals surface area contributed by atoms with Crippen molar-refractivity contribution < 1.29 is 13.2 Å². The molecule has 1 saturated heterocycles.